The lowest BCUT2D eigenvalue weighted by Gasteiger charge is -2.04. The highest BCUT2D eigenvalue weighted by molar-refractivity contribution is 5.75. The van der Waals surface area contributed by atoms with Crippen LogP contribution in [-0.2, 0) is 6.42 Å². The van der Waals surface area contributed by atoms with Gasteiger partial charge in [0.2, 0.25) is 0 Å². The monoisotopic (exact) mass is 678 g/mol. The Kier molecular flexibility index (Phi) is 11.7. The molecule has 0 aliphatic rings. The summed E-state index contributed by atoms with van der Waals surface area (Å²) in [5, 5.41) is 0. The van der Waals surface area contributed by atoms with Gasteiger partial charge in [0, 0.05) is 0 Å². The summed E-state index contributed by atoms with van der Waals surface area (Å²) in [6.07, 6.45) is 22.5. The predicted molar refractivity (Wildman–Crippen MR) is 233 cm³/mol. The van der Waals surface area contributed by atoms with Crippen LogP contribution < -0.4 is 0 Å². The maximum atomic E-state index is 2.23. The molecule has 53 heavy (non-hydrogen) atoms. The summed E-state index contributed by atoms with van der Waals surface area (Å²) in [6.45, 7) is 0. The third-order valence-electron chi connectivity index (χ3n) is 9.12. The second-order valence-corrected chi connectivity index (χ2v) is 13.1. The van der Waals surface area contributed by atoms with Crippen LogP contribution in [0.1, 0.15) is 66.8 Å². The molecule has 0 aromatic heterocycles. The largest absolute Gasteiger partial charge is 0.0622 e. The van der Waals surface area contributed by atoms with Crippen LogP contribution in [0.15, 0.2) is 182 Å². The average molecular weight is 679 g/mol. The fourth-order valence-electron chi connectivity index (χ4n) is 5.97. The lowest BCUT2D eigenvalue weighted by molar-refractivity contribution is 1.19. The summed E-state index contributed by atoms with van der Waals surface area (Å²) in [7, 11) is 0. The van der Waals surface area contributed by atoms with Crippen molar-refractivity contribution in [3.8, 4) is 0 Å². The van der Waals surface area contributed by atoms with Gasteiger partial charge in [0.25, 0.3) is 0 Å². The number of hydrogen-bond acceptors (Lipinski definition) is 0. The van der Waals surface area contributed by atoms with Crippen LogP contribution >= 0.6 is 0 Å². The molecule has 0 saturated carbocycles. The fourth-order valence-corrected chi connectivity index (χ4v) is 5.97. The van der Waals surface area contributed by atoms with Crippen LogP contribution in [0, 0.1) is 0 Å². The van der Waals surface area contributed by atoms with E-state index in [1.54, 1.807) is 0 Å². The van der Waals surface area contributed by atoms with Crippen LogP contribution in [0.2, 0.25) is 0 Å². The van der Waals surface area contributed by atoms with E-state index in [4.69, 9.17) is 0 Å². The van der Waals surface area contributed by atoms with E-state index in [1.165, 1.54) is 66.8 Å². The van der Waals surface area contributed by atoms with Crippen molar-refractivity contribution in [1.29, 1.82) is 0 Å². The van der Waals surface area contributed by atoms with Gasteiger partial charge in [-0.1, -0.05) is 243 Å². The lowest BCUT2D eigenvalue weighted by atomic mass is 10.0. The molecule has 0 amide bonds. The summed E-state index contributed by atoms with van der Waals surface area (Å²) >= 11 is 0. The Morgan fingerprint density at radius 3 is 0.566 bits per heavy atom. The number of hydrogen-bond donors (Lipinski definition) is 0. The highest BCUT2D eigenvalue weighted by atomic mass is 14.0. The predicted octanol–water partition coefficient (Wildman–Crippen LogP) is 14.1. The molecule has 0 saturated heterocycles. The van der Waals surface area contributed by atoms with Crippen molar-refractivity contribution in [2.75, 3.05) is 0 Å². The van der Waals surface area contributed by atoms with Gasteiger partial charge >= 0.3 is 0 Å². The van der Waals surface area contributed by atoms with Crippen LogP contribution in [0.4, 0.5) is 0 Å². The van der Waals surface area contributed by atoms with Crippen molar-refractivity contribution in [3.05, 3.63) is 249 Å². The molecule has 0 bridgehead atoms. The zero-order valence-electron chi connectivity index (χ0n) is 29.8. The molecule has 0 nitrogen and oxygen atoms in total. The Morgan fingerprint density at radius 2 is 0.358 bits per heavy atom. The SMILES string of the molecule is C(=C\c1ccc(/C=C/c2ccc(/C=C/c3ccc(Cc4ccc(/C=C/c5ccc(/C=C/c6ccccc6)cc5)cc4)cc3)cc2)cc1)/c1ccccc1. The molecule has 0 aliphatic heterocycles. The lowest BCUT2D eigenvalue weighted by Crippen LogP contribution is -1.88. The van der Waals surface area contributed by atoms with Crippen molar-refractivity contribution < 1.29 is 0 Å². The van der Waals surface area contributed by atoms with Crippen LogP contribution in [-0.4, -0.2) is 0 Å². The minimum Gasteiger partial charge on any atom is -0.0622 e. The van der Waals surface area contributed by atoms with Crippen molar-refractivity contribution in [1.82, 2.24) is 0 Å². The first kappa shape index (κ1) is 34.7. The zero-order chi connectivity index (χ0) is 35.9. The number of benzene rings is 7. The third-order valence-corrected chi connectivity index (χ3v) is 9.12. The van der Waals surface area contributed by atoms with Gasteiger partial charge in [-0.25, -0.2) is 0 Å². The fraction of sp³-hybridized carbons (Fsp3) is 0.0189. The van der Waals surface area contributed by atoms with E-state index >= 15 is 0 Å². The average Bonchev–Trinajstić information content (AvgIpc) is 3.23. The molecule has 7 aromatic rings. The topological polar surface area (TPSA) is 0 Å². The van der Waals surface area contributed by atoms with Gasteiger partial charge in [-0.3, -0.25) is 0 Å². The van der Waals surface area contributed by atoms with Gasteiger partial charge in [0.1, 0.15) is 0 Å². The Labute approximate surface area is 314 Å². The van der Waals surface area contributed by atoms with Crippen molar-refractivity contribution in [3.63, 3.8) is 0 Å². The molecule has 0 radical (unpaired) electrons. The van der Waals surface area contributed by atoms with Crippen molar-refractivity contribution >= 4 is 60.8 Å². The Bertz CT molecular complexity index is 2310. The van der Waals surface area contributed by atoms with E-state index in [1.807, 2.05) is 12.1 Å². The Balaban J connectivity index is 0.867. The van der Waals surface area contributed by atoms with E-state index in [9.17, 15) is 0 Å². The van der Waals surface area contributed by atoms with Crippen LogP contribution in [0.5, 0.6) is 0 Å². The first-order valence-corrected chi connectivity index (χ1v) is 18.2. The molecule has 0 fully saturated rings. The van der Waals surface area contributed by atoms with Gasteiger partial charge in [-0.2, -0.15) is 0 Å². The second kappa shape index (κ2) is 17.9. The summed E-state index contributed by atoms with van der Waals surface area (Å²) < 4.78 is 0. The van der Waals surface area contributed by atoms with E-state index in [2.05, 4.69) is 231 Å². The molecule has 7 aromatic carbocycles. The third kappa shape index (κ3) is 10.9. The van der Waals surface area contributed by atoms with Gasteiger partial charge in [0.15, 0.2) is 0 Å². The summed E-state index contributed by atoms with van der Waals surface area (Å²) in [4.78, 5) is 0. The molecule has 0 unspecified atom stereocenters. The van der Waals surface area contributed by atoms with Gasteiger partial charge in [-0.15, -0.1) is 0 Å². The minimum atomic E-state index is 0.913. The molecule has 0 aliphatic carbocycles. The normalized spacial score (nSPS) is 11.8. The van der Waals surface area contributed by atoms with Gasteiger partial charge in [0.05, 0.1) is 0 Å². The minimum absolute atomic E-state index is 0.913. The zero-order valence-corrected chi connectivity index (χ0v) is 29.8. The first-order chi connectivity index (χ1) is 26.2. The first-order valence-electron chi connectivity index (χ1n) is 18.2. The second-order valence-electron chi connectivity index (χ2n) is 13.1. The van der Waals surface area contributed by atoms with Crippen molar-refractivity contribution in [2.45, 2.75) is 6.42 Å². The van der Waals surface area contributed by atoms with Gasteiger partial charge in [-0.05, 0) is 73.2 Å². The maximum absolute atomic E-state index is 2.23. The summed E-state index contributed by atoms with van der Waals surface area (Å²) in [5.41, 5.74) is 14.5. The summed E-state index contributed by atoms with van der Waals surface area (Å²) in [6, 6.07) is 64.4. The van der Waals surface area contributed by atoms with Gasteiger partial charge < -0.3 is 0 Å². The number of rotatable bonds is 12. The quantitative estimate of drug-likeness (QED) is 0.113. The Hall–Kier alpha value is -6.76. The molecule has 0 heterocycles. The highest BCUT2D eigenvalue weighted by Gasteiger charge is 1.99. The highest BCUT2D eigenvalue weighted by Crippen LogP contribution is 2.18. The van der Waals surface area contributed by atoms with E-state index < -0.39 is 0 Å². The molecule has 0 heteroatoms. The molecule has 7 rings (SSSR count). The molecule has 0 N–H and O–H groups in total. The summed E-state index contributed by atoms with van der Waals surface area (Å²) in [5.74, 6) is 0. The van der Waals surface area contributed by atoms with Crippen LogP contribution in [0.3, 0.4) is 0 Å². The van der Waals surface area contributed by atoms with E-state index in [0.717, 1.165) is 6.42 Å². The van der Waals surface area contributed by atoms with Crippen LogP contribution in [0.25, 0.3) is 60.8 Å². The molecule has 0 atom stereocenters. The van der Waals surface area contributed by atoms with Crippen molar-refractivity contribution in [2.24, 2.45) is 0 Å². The van der Waals surface area contributed by atoms with E-state index in [-0.39, 0.29) is 0 Å². The Morgan fingerprint density at radius 1 is 0.189 bits per heavy atom. The smallest absolute Gasteiger partial charge is 0.00258 e. The molecule has 0 spiro atoms. The molecular weight excluding hydrogens is 637 g/mol. The maximum Gasteiger partial charge on any atom is -0.00258 e. The standard InChI is InChI=1S/C53H42/c1-3-7-42(8-4-1)11-13-44-15-19-46(20-16-44)23-24-47-25-27-49(28-26-47)30-32-51-35-39-53(40-36-51)41-52-37-33-50(34-38-52)31-29-48-21-17-45(18-22-48)14-12-43-9-5-2-6-10-43/h1-40H,41H2/b13-11+,14-12+,24-23+,31-29+,32-30+. The molecular formula is C53H42. The van der Waals surface area contributed by atoms with E-state index in [0.29, 0.717) is 0 Å². The molecule has 254 valence electrons.